The van der Waals surface area contributed by atoms with Crippen LogP contribution in [0.3, 0.4) is 0 Å². The van der Waals surface area contributed by atoms with Gasteiger partial charge in [-0.2, -0.15) is 11.8 Å². The first-order valence-electron chi connectivity index (χ1n) is 7.11. The van der Waals surface area contributed by atoms with Gasteiger partial charge in [0.15, 0.2) is 0 Å². The molecule has 1 saturated heterocycles. The van der Waals surface area contributed by atoms with Crippen molar-refractivity contribution in [1.82, 2.24) is 0 Å². The van der Waals surface area contributed by atoms with Gasteiger partial charge in [-0.25, -0.2) is 0 Å². The summed E-state index contributed by atoms with van der Waals surface area (Å²) >= 11 is 2.08. The zero-order valence-corrected chi connectivity index (χ0v) is 13.4. The molecule has 1 aliphatic heterocycles. The van der Waals surface area contributed by atoms with Crippen molar-refractivity contribution in [2.75, 3.05) is 23.7 Å². The molecule has 1 heterocycles. The lowest BCUT2D eigenvalue weighted by atomic mass is 10.0. The number of benzene rings is 1. The molecule has 1 aromatic rings. The van der Waals surface area contributed by atoms with Crippen LogP contribution in [-0.4, -0.2) is 29.6 Å². The van der Waals surface area contributed by atoms with Crippen LogP contribution >= 0.6 is 11.8 Å². The summed E-state index contributed by atoms with van der Waals surface area (Å²) in [5.41, 5.74) is 9.99. The van der Waals surface area contributed by atoms with Gasteiger partial charge in [0.1, 0.15) is 0 Å². The third-order valence-electron chi connectivity index (χ3n) is 3.59. The van der Waals surface area contributed by atoms with E-state index in [0.717, 1.165) is 19.5 Å². The van der Waals surface area contributed by atoms with Crippen molar-refractivity contribution in [3.8, 4) is 0 Å². The number of nitrogens with two attached hydrogens (primary N) is 1. The van der Waals surface area contributed by atoms with Gasteiger partial charge in [0.2, 0.25) is 0 Å². The first-order valence-corrected chi connectivity index (χ1v) is 8.10. The molecule has 19 heavy (non-hydrogen) atoms. The molecular weight excluding hydrogens is 252 g/mol. The fourth-order valence-corrected chi connectivity index (χ4v) is 3.90. The van der Waals surface area contributed by atoms with Crippen molar-refractivity contribution in [1.29, 1.82) is 0 Å². The van der Waals surface area contributed by atoms with E-state index in [2.05, 4.69) is 62.6 Å². The van der Waals surface area contributed by atoms with E-state index in [9.17, 15) is 0 Å². The topological polar surface area (TPSA) is 29.3 Å². The molecule has 0 saturated carbocycles. The molecule has 0 bridgehead atoms. The quantitative estimate of drug-likeness (QED) is 0.920. The van der Waals surface area contributed by atoms with Crippen molar-refractivity contribution in [2.45, 2.75) is 44.9 Å². The lowest BCUT2D eigenvalue weighted by Crippen LogP contribution is -2.43. The van der Waals surface area contributed by atoms with Crippen molar-refractivity contribution < 1.29 is 0 Å². The van der Waals surface area contributed by atoms with E-state index in [-0.39, 0.29) is 6.04 Å². The second-order valence-corrected chi connectivity index (χ2v) is 8.13. The molecule has 0 amide bonds. The van der Waals surface area contributed by atoms with Crippen LogP contribution in [0.5, 0.6) is 0 Å². The minimum atomic E-state index is 0.232. The average molecular weight is 278 g/mol. The van der Waals surface area contributed by atoms with Crippen molar-refractivity contribution in [3.05, 3.63) is 29.3 Å². The summed E-state index contributed by atoms with van der Waals surface area (Å²) in [5.74, 6) is 1.22. The molecule has 2 N–H and O–H groups in total. The van der Waals surface area contributed by atoms with Gasteiger partial charge in [0, 0.05) is 35.3 Å². The van der Waals surface area contributed by atoms with Crippen LogP contribution in [-0.2, 0) is 6.42 Å². The minimum absolute atomic E-state index is 0.232. The molecule has 1 atom stereocenters. The van der Waals surface area contributed by atoms with Gasteiger partial charge in [-0.15, -0.1) is 0 Å². The second kappa shape index (κ2) is 5.76. The number of thioether (sulfide) groups is 1. The maximum Gasteiger partial charge on any atom is 0.0396 e. The summed E-state index contributed by atoms with van der Waals surface area (Å²) in [4.78, 5) is 2.53. The van der Waals surface area contributed by atoms with E-state index in [0.29, 0.717) is 4.75 Å². The fourth-order valence-electron chi connectivity index (χ4n) is 2.79. The highest BCUT2D eigenvalue weighted by Crippen LogP contribution is 2.33. The summed E-state index contributed by atoms with van der Waals surface area (Å²) in [6.45, 7) is 11.2. The lowest BCUT2D eigenvalue weighted by molar-refractivity contribution is 0.646. The molecule has 1 aliphatic rings. The molecule has 0 radical (unpaired) electrons. The molecule has 2 nitrogen and oxygen atoms in total. The van der Waals surface area contributed by atoms with Crippen LogP contribution in [0.2, 0.25) is 0 Å². The van der Waals surface area contributed by atoms with E-state index in [1.165, 1.54) is 22.6 Å². The van der Waals surface area contributed by atoms with Gasteiger partial charge >= 0.3 is 0 Å². The zero-order valence-electron chi connectivity index (χ0n) is 12.6. The molecular formula is C16H26N2S. The highest BCUT2D eigenvalue weighted by molar-refractivity contribution is 8.00. The second-order valence-electron chi connectivity index (χ2n) is 6.33. The van der Waals surface area contributed by atoms with Crippen LogP contribution in [0.15, 0.2) is 18.2 Å². The smallest absolute Gasteiger partial charge is 0.0396 e. The minimum Gasteiger partial charge on any atom is -0.369 e. The van der Waals surface area contributed by atoms with Crippen LogP contribution in [0.4, 0.5) is 5.69 Å². The van der Waals surface area contributed by atoms with Gasteiger partial charge in [-0.05, 0) is 51.3 Å². The van der Waals surface area contributed by atoms with E-state index >= 15 is 0 Å². The standard InChI is InChI=1S/C16H26N2S/c1-12-9-14(10-13(2)17)5-6-15(12)18-7-8-19-16(3,4)11-18/h5-6,9,13H,7-8,10-11,17H2,1-4H3. The number of hydrogen-bond donors (Lipinski definition) is 1. The Morgan fingerprint density at radius 1 is 1.42 bits per heavy atom. The number of aryl methyl sites for hydroxylation is 1. The fraction of sp³-hybridized carbons (Fsp3) is 0.625. The Bertz CT molecular complexity index is 440. The zero-order chi connectivity index (χ0) is 14.0. The Balaban J connectivity index is 2.16. The van der Waals surface area contributed by atoms with Gasteiger partial charge in [-0.1, -0.05) is 12.1 Å². The Hall–Kier alpha value is -0.670. The summed E-state index contributed by atoms with van der Waals surface area (Å²) in [6.07, 6.45) is 0.961. The molecule has 0 aliphatic carbocycles. The predicted octanol–water partition coefficient (Wildman–Crippen LogP) is 3.22. The highest BCUT2D eigenvalue weighted by atomic mass is 32.2. The summed E-state index contributed by atoms with van der Waals surface area (Å²) in [5, 5.41) is 0. The van der Waals surface area contributed by atoms with Gasteiger partial charge in [-0.3, -0.25) is 0 Å². The van der Waals surface area contributed by atoms with Gasteiger partial charge in [0.25, 0.3) is 0 Å². The predicted molar refractivity (Wildman–Crippen MR) is 87.3 cm³/mol. The van der Waals surface area contributed by atoms with Crippen molar-refractivity contribution in [3.63, 3.8) is 0 Å². The molecule has 3 heteroatoms. The van der Waals surface area contributed by atoms with Crippen LogP contribution < -0.4 is 10.6 Å². The Morgan fingerprint density at radius 2 is 2.16 bits per heavy atom. The van der Waals surface area contributed by atoms with Crippen LogP contribution in [0.25, 0.3) is 0 Å². The summed E-state index contributed by atoms with van der Waals surface area (Å²) < 4.78 is 0.356. The largest absolute Gasteiger partial charge is 0.369 e. The molecule has 1 fully saturated rings. The third kappa shape index (κ3) is 3.90. The van der Waals surface area contributed by atoms with Crippen molar-refractivity contribution >= 4 is 17.4 Å². The number of hydrogen-bond acceptors (Lipinski definition) is 3. The number of rotatable bonds is 3. The van der Waals surface area contributed by atoms with E-state index in [1.807, 2.05) is 0 Å². The monoisotopic (exact) mass is 278 g/mol. The van der Waals surface area contributed by atoms with E-state index < -0.39 is 0 Å². The molecule has 0 spiro atoms. The van der Waals surface area contributed by atoms with Gasteiger partial charge < -0.3 is 10.6 Å². The Morgan fingerprint density at radius 3 is 2.74 bits per heavy atom. The maximum atomic E-state index is 5.88. The lowest BCUT2D eigenvalue weighted by Gasteiger charge is -2.39. The summed E-state index contributed by atoms with van der Waals surface area (Å²) in [6, 6.07) is 7.04. The Kier molecular flexibility index (Phi) is 4.46. The highest BCUT2D eigenvalue weighted by Gasteiger charge is 2.27. The van der Waals surface area contributed by atoms with Crippen LogP contribution in [0.1, 0.15) is 31.9 Å². The van der Waals surface area contributed by atoms with Crippen molar-refractivity contribution in [2.24, 2.45) is 5.73 Å². The van der Waals surface area contributed by atoms with E-state index in [4.69, 9.17) is 5.73 Å². The van der Waals surface area contributed by atoms with Crippen LogP contribution in [0, 0.1) is 6.92 Å². The molecule has 106 valence electrons. The maximum absolute atomic E-state index is 5.88. The average Bonchev–Trinajstić information content (AvgIpc) is 2.26. The normalized spacial score (nSPS) is 20.4. The Labute approximate surface area is 121 Å². The third-order valence-corrected chi connectivity index (χ3v) is 4.88. The molecule has 1 aromatic carbocycles. The summed E-state index contributed by atoms with van der Waals surface area (Å²) in [7, 11) is 0. The van der Waals surface area contributed by atoms with Gasteiger partial charge in [0.05, 0.1) is 0 Å². The molecule has 1 unspecified atom stereocenters. The number of anilines is 1. The number of nitrogens with zero attached hydrogens (tertiary/aromatic N) is 1. The first kappa shape index (κ1) is 14.7. The van der Waals surface area contributed by atoms with E-state index in [1.54, 1.807) is 0 Å². The first-order chi connectivity index (χ1) is 8.87. The molecule has 0 aromatic heterocycles. The molecule has 2 rings (SSSR count). The SMILES string of the molecule is Cc1cc(CC(C)N)ccc1N1CCSC(C)(C)C1.